The van der Waals surface area contributed by atoms with Gasteiger partial charge in [-0.2, -0.15) is 0 Å². The number of hydrogen-bond acceptors (Lipinski definition) is 1. The highest BCUT2D eigenvalue weighted by atomic mass is 14.7. The van der Waals surface area contributed by atoms with Crippen LogP contribution in [0, 0.1) is 13.8 Å². The van der Waals surface area contributed by atoms with Crippen LogP contribution in [0.15, 0.2) is 35.8 Å². The third-order valence-electron chi connectivity index (χ3n) is 1.72. The molecular weight excluding hydrogens is 158 g/mol. The van der Waals surface area contributed by atoms with Gasteiger partial charge in [-0.05, 0) is 19.4 Å². The second-order valence-corrected chi connectivity index (χ2v) is 3.20. The van der Waals surface area contributed by atoms with E-state index in [0.29, 0.717) is 6.54 Å². The van der Waals surface area contributed by atoms with Crippen molar-refractivity contribution in [2.75, 3.05) is 6.54 Å². The van der Waals surface area contributed by atoms with Gasteiger partial charge in [-0.3, -0.25) is 4.99 Å². The first kappa shape index (κ1) is 9.72. The van der Waals surface area contributed by atoms with Gasteiger partial charge in [-0.25, -0.2) is 0 Å². The van der Waals surface area contributed by atoms with Crippen molar-refractivity contribution in [3.63, 3.8) is 0 Å². The molecule has 1 rings (SSSR count). The Morgan fingerprint density at radius 3 is 2.38 bits per heavy atom. The predicted octanol–water partition coefficient (Wildman–Crippen LogP) is 2.91. The average Bonchev–Trinajstić information content (AvgIpc) is 2.03. The molecular formula is C12H15N. The van der Waals surface area contributed by atoms with Gasteiger partial charge >= 0.3 is 0 Å². The molecule has 0 aliphatic heterocycles. The Morgan fingerprint density at radius 1 is 1.23 bits per heavy atom. The van der Waals surface area contributed by atoms with Crippen LogP contribution in [-0.4, -0.2) is 12.8 Å². The largest absolute Gasteiger partial charge is 0.288 e. The van der Waals surface area contributed by atoms with E-state index in [-0.39, 0.29) is 0 Å². The van der Waals surface area contributed by atoms with Crippen molar-refractivity contribution < 1.29 is 0 Å². The van der Waals surface area contributed by atoms with Crippen molar-refractivity contribution in [2.24, 2.45) is 4.99 Å². The highest BCUT2D eigenvalue weighted by Crippen LogP contribution is 2.06. The third-order valence-corrected chi connectivity index (χ3v) is 1.72. The number of aliphatic imine (C=N–C) groups is 1. The molecule has 0 spiro atoms. The van der Waals surface area contributed by atoms with Gasteiger partial charge in [0.15, 0.2) is 0 Å². The topological polar surface area (TPSA) is 12.4 Å². The van der Waals surface area contributed by atoms with Crippen LogP contribution in [0.4, 0.5) is 0 Å². The van der Waals surface area contributed by atoms with Gasteiger partial charge in [0, 0.05) is 6.21 Å². The van der Waals surface area contributed by atoms with Crippen molar-refractivity contribution in [1.29, 1.82) is 0 Å². The molecule has 0 aliphatic rings. The Labute approximate surface area is 79.8 Å². The lowest BCUT2D eigenvalue weighted by atomic mass is 10.1. The quantitative estimate of drug-likeness (QED) is 0.492. The number of hydrogen-bond donors (Lipinski definition) is 0. The maximum absolute atomic E-state index is 4.20. The van der Waals surface area contributed by atoms with Gasteiger partial charge in [-0.15, -0.1) is 6.58 Å². The zero-order valence-electron chi connectivity index (χ0n) is 8.25. The lowest BCUT2D eigenvalue weighted by molar-refractivity contribution is 1.26. The van der Waals surface area contributed by atoms with E-state index in [4.69, 9.17) is 0 Å². The summed E-state index contributed by atoms with van der Waals surface area (Å²) in [4.78, 5) is 4.20. The fraction of sp³-hybridized carbons (Fsp3) is 0.250. The molecule has 0 saturated heterocycles. The molecule has 1 aromatic rings. The Morgan fingerprint density at radius 2 is 1.85 bits per heavy atom. The molecule has 0 fully saturated rings. The summed E-state index contributed by atoms with van der Waals surface area (Å²) in [5.74, 6) is 0. The molecule has 0 bridgehead atoms. The fourth-order valence-corrected chi connectivity index (χ4v) is 1.32. The lowest BCUT2D eigenvalue weighted by Gasteiger charge is -1.98. The summed E-state index contributed by atoms with van der Waals surface area (Å²) >= 11 is 0. The number of rotatable bonds is 3. The first-order valence-electron chi connectivity index (χ1n) is 4.41. The molecule has 0 aromatic heterocycles. The number of aryl methyl sites for hydroxylation is 2. The summed E-state index contributed by atoms with van der Waals surface area (Å²) in [6.07, 6.45) is 3.68. The van der Waals surface area contributed by atoms with E-state index in [0.717, 1.165) is 0 Å². The number of nitrogens with zero attached hydrogens (tertiary/aromatic N) is 1. The van der Waals surface area contributed by atoms with Gasteiger partial charge < -0.3 is 0 Å². The minimum absolute atomic E-state index is 0.687. The molecule has 0 N–H and O–H groups in total. The van der Waals surface area contributed by atoms with E-state index in [9.17, 15) is 0 Å². The zero-order chi connectivity index (χ0) is 9.68. The smallest absolute Gasteiger partial charge is 0.0567 e. The maximum atomic E-state index is 4.20. The van der Waals surface area contributed by atoms with Gasteiger partial charge in [-0.1, -0.05) is 35.4 Å². The van der Waals surface area contributed by atoms with E-state index < -0.39 is 0 Å². The summed E-state index contributed by atoms with van der Waals surface area (Å²) in [5, 5.41) is 0. The molecule has 1 aromatic carbocycles. The molecule has 0 aliphatic carbocycles. The van der Waals surface area contributed by atoms with E-state index in [2.05, 4.69) is 43.6 Å². The summed E-state index contributed by atoms with van der Waals surface area (Å²) in [6, 6.07) is 6.41. The molecule has 0 radical (unpaired) electrons. The molecule has 13 heavy (non-hydrogen) atoms. The summed E-state index contributed by atoms with van der Waals surface area (Å²) in [6.45, 7) is 8.49. The van der Waals surface area contributed by atoms with Gasteiger partial charge in [0.2, 0.25) is 0 Å². The van der Waals surface area contributed by atoms with E-state index in [1.165, 1.54) is 16.7 Å². The minimum Gasteiger partial charge on any atom is -0.288 e. The SMILES string of the molecule is C=CCN=Cc1cc(C)cc(C)c1. The molecule has 0 atom stereocenters. The minimum atomic E-state index is 0.687. The van der Waals surface area contributed by atoms with Gasteiger partial charge in [0.1, 0.15) is 0 Å². The van der Waals surface area contributed by atoms with Crippen LogP contribution in [-0.2, 0) is 0 Å². The Bertz CT molecular complexity index is 304. The normalized spacial score (nSPS) is 10.6. The highest BCUT2D eigenvalue weighted by molar-refractivity contribution is 5.80. The number of benzene rings is 1. The Balaban J connectivity index is 2.82. The van der Waals surface area contributed by atoms with Crippen LogP contribution in [0.3, 0.4) is 0 Å². The van der Waals surface area contributed by atoms with Crippen molar-refractivity contribution in [2.45, 2.75) is 13.8 Å². The van der Waals surface area contributed by atoms with Crippen LogP contribution in [0.1, 0.15) is 16.7 Å². The molecule has 0 heterocycles. The first-order valence-corrected chi connectivity index (χ1v) is 4.41. The van der Waals surface area contributed by atoms with Crippen molar-refractivity contribution in [1.82, 2.24) is 0 Å². The van der Waals surface area contributed by atoms with Gasteiger partial charge in [0.05, 0.1) is 6.54 Å². The average molecular weight is 173 g/mol. The molecule has 1 heteroatoms. The lowest BCUT2D eigenvalue weighted by Crippen LogP contribution is -1.86. The molecule has 0 saturated carbocycles. The highest BCUT2D eigenvalue weighted by Gasteiger charge is 1.91. The van der Waals surface area contributed by atoms with E-state index in [1.807, 2.05) is 6.21 Å². The van der Waals surface area contributed by atoms with Crippen LogP contribution in [0.25, 0.3) is 0 Å². The van der Waals surface area contributed by atoms with Gasteiger partial charge in [0.25, 0.3) is 0 Å². The Kier molecular flexibility index (Phi) is 3.44. The second-order valence-electron chi connectivity index (χ2n) is 3.20. The van der Waals surface area contributed by atoms with E-state index in [1.54, 1.807) is 6.08 Å². The van der Waals surface area contributed by atoms with Crippen molar-refractivity contribution >= 4 is 6.21 Å². The van der Waals surface area contributed by atoms with Crippen LogP contribution in [0.5, 0.6) is 0 Å². The first-order chi connectivity index (χ1) is 6.22. The molecule has 1 nitrogen and oxygen atoms in total. The summed E-state index contributed by atoms with van der Waals surface area (Å²) < 4.78 is 0. The molecule has 0 unspecified atom stereocenters. The van der Waals surface area contributed by atoms with Crippen LogP contribution in [0.2, 0.25) is 0 Å². The summed E-state index contributed by atoms with van der Waals surface area (Å²) in [7, 11) is 0. The monoisotopic (exact) mass is 173 g/mol. The third kappa shape index (κ3) is 3.24. The predicted molar refractivity (Wildman–Crippen MR) is 58.6 cm³/mol. The van der Waals surface area contributed by atoms with E-state index >= 15 is 0 Å². The van der Waals surface area contributed by atoms with Crippen LogP contribution < -0.4 is 0 Å². The van der Waals surface area contributed by atoms with Crippen molar-refractivity contribution in [3.05, 3.63) is 47.5 Å². The standard InChI is InChI=1S/C12H15N/c1-4-5-13-9-12-7-10(2)6-11(3)8-12/h4,6-9H,1,5H2,2-3H3. The molecule has 68 valence electrons. The zero-order valence-corrected chi connectivity index (χ0v) is 8.25. The molecule has 0 amide bonds. The van der Waals surface area contributed by atoms with Crippen LogP contribution >= 0.6 is 0 Å². The maximum Gasteiger partial charge on any atom is 0.0567 e. The van der Waals surface area contributed by atoms with Crippen molar-refractivity contribution in [3.8, 4) is 0 Å². The summed E-state index contributed by atoms with van der Waals surface area (Å²) in [5.41, 5.74) is 3.72. The second kappa shape index (κ2) is 4.61. The fourth-order valence-electron chi connectivity index (χ4n) is 1.32. The Hall–Kier alpha value is -1.37.